The SMILES string of the molecule is CN1C[C@@H](NC(=O)C2=NN(C)C(=O)CC2)[C@H](c2cncn2C)C1. The van der Waals surface area contributed by atoms with E-state index in [1.807, 2.05) is 24.9 Å². The predicted molar refractivity (Wildman–Crippen MR) is 84.8 cm³/mol. The third-order valence-electron chi connectivity index (χ3n) is 4.52. The number of aryl methyl sites for hydroxylation is 1. The summed E-state index contributed by atoms with van der Waals surface area (Å²) in [5.41, 5.74) is 1.53. The molecule has 0 bridgehead atoms. The number of rotatable bonds is 3. The minimum absolute atomic E-state index is 0.00790. The molecule has 8 nitrogen and oxygen atoms in total. The van der Waals surface area contributed by atoms with Crippen molar-refractivity contribution in [2.45, 2.75) is 24.8 Å². The molecule has 0 saturated carbocycles. The van der Waals surface area contributed by atoms with E-state index in [0.29, 0.717) is 18.6 Å². The minimum atomic E-state index is -0.184. The fraction of sp³-hybridized carbons (Fsp3) is 0.600. The van der Waals surface area contributed by atoms with E-state index in [9.17, 15) is 9.59 Å². The van der Waals surface area contributed by atoms with Crippen molar-refractivity contribution in [3.8, 4) is 0 Å². The summed E-state index contributed by atoms with van der Waals surface area (Å²) in [4.78, 5) is 30.3. The molecule has 1 saturated heterocycles. The van der Waals surface area contributed by atoms with Crippen LogP contribution in [0.4, 0.5) is 0 Å². The average molecular weight is 318 g/mol. The molecule has 0 unspecified atom stereocenters. The van der Waals surface area contributed by atoms with Crippen LogP contribution in [0.3, 0.4) is 0 Å². The summed E-state index contributed by atoms with van der Waals surface area (Å²) < 4.78 is 1.99. The van der Waals surface area contributed by atoms with Crippen molar-refractivity contribution >= 4 is 17.5 Å². The van der Waals surface area contributed by atoms with Crippen LogP contribution in [0.1, 0.15) is 24.5 Å². The highest BCUT2D eigenvalue weighted by Gasteiger charge is 2.35. The molecule has 2 atom stereocenters. The second-order valence-corrected chi connectivity index (χ2v) is 6.30. The van der Waals surface area contributed by atoms with Crippen LogP contribution < -0.4 is 5.32 Å². The molecule has 2 aliphatic rings. The van der Waals surface area contributed by atoms with Gasteiger partial charge in [0.15, 0.2) is 0 Å². The van der Waals surface area contributed by atoms with Crippen molar-refractivity contribution in [1.29, 1.82) is 0 Å². The van der Waals surface area contributed by atoms with Crippen molar-refractivity contribution in [1.82, 2.24) is 24.8 Å². The first-order chi connectivity index (χ1) is 11.0. The molecule has 0 aromatic carbocycles. The fourth-order valence-corrected chi connectivity index (χ4v) is 3.26. The molecule has 0 radical (unpaired) electrons. The molecule has 3 heterocycles. The van der Waals surface area contributed by atoms with Gasteiger partial charge in [0.2, 0.25) is 5.91 Å². The van der Waals surface area contributed by atoms with E-state index in [2.05, 4.69) is 20.3 Å². The normalized spacial score (nSPS) is 25.6. The Hall–Kier alpha value is -2.22. The highest BCUT2D eigenvalue weighted by Crippen LogP contribution is 2.26. The number of likely N-dealkylation sites (tertiary alicyclic amines) is 1. The number of nitrogens with zero attached hydrogens (tertiary/aromatic N) is 5. The maximum atomic E-state index is 12.5. The monoisotopic (exact) mass is 318 g/mol. The minimum Gasteiger partial charge on any atom is -0.346 e. The van der Waals surface area contributed by atoms with Gasteiger partial charge in [-0.15, -0.1) is 0 Å². The Morgan fingerprint density at radius 1 is 1.26 bits per heavy atom. The Morgan fingerprint density at radius 2 is 2.04 bits per heavy atom. The van der Waals surface area contributed by atoms with Crippen molar-refractivity contribution in [3.05, 3.63) is 18.2 Å². The topological polar surface area (TPSA) is 82.8 Å². The van der Waals surface area contributed by atoms with E-state index in [-0.39, 0.29) is 23.8 Å². The molecule has 1 N–H and O–H groups in total. The molecule has 1 aromatic rings. The van der Waals surface area contributed by atoms with Gasteiger partial charge in [-0.1, -0.05) is 0 Å². The van der Waals surface area contributed by atoms with Gasteiger partial charge in [-0.05, 0) is 7.05 Å². The first-order valence-corrected chi connectivity index (χ1v) is 7.75. The largest absolute Gasteiger partial charge is 0.346 e. The second-order valence-electron chi connectivity index (χ2n) is 6.30. The van der Waals surface area contributed by atoms with E-state index in [0.717, 1.165) is 18.8 Å². The number of hydrazone groups is 1. The van der Waals surface area contributed by atoms with Gasteiger partial charge in [-0.25, -0.2) is 9.99 Å². The molecular formula is C15H22N6O2. The fourth-order valence-electron chi connectivity index (χ4n) is 3.26. The Labute approximate surface area is 135 Å². The van der Waals surface area contributed by atoms with E-state index in [4.69, 9.17) is 0 Å². The van der Waals surface area contributed by atoms with Crippen molar-refractivity contribution in [2.24, 2.45) is 12.1 Å². The molecular weight excluding hydrogens is 296 g/mol. The summed E-state index contributed by atoms with van der Waals surface area (Å²) in [7, 11) is 5.59. The Morgan fingerprint density at radius 3 is 2.70 bits per heavy atom. The van der Waals surface area contributed by atoms with Crippen LogP contribution in [0.15, 0.2) is 17.6 Å². The van der Waals surface area contributed by atoms with Crippen LogP contribution >= 0.6 is 0 Å². The number of amides is 2. The summed E-state index contributed by atoms with van der Waals surface area (Å²) in [5, 5.41) is 8.42. The van der Waals surface area contributed by atoms with Gasteiger partial charge >= 0.3 is 0 Å². The van der Waals surface area contributed by atoms with Gasteiger partial charge < -0.3 is 14.8 Å². The zero-order valence-corrected chi connectivity index (χ0v) is 13.7. The highest BCUT2D eigenvalue weighted by molar-refractivity contribution is 6.39. The lowest BCUT2D eigenvalue weighted by atomic mass is 9.99. The summed E-state index contributed by atoms with van der Waals surface area (Å²) in [6.07, 6.45) is 4.36. The van der Waals surface area contributed by atoms with Crippen LogP contribution in [0.5, 0.6) is 0 Å². The first-order valence-electron chi connectivity index (χ1n) is 7.75. The van der Waals surface area contributed by atoms with E-state index in [1.54, 1.807) is 13.4 Å². The van der Waals surface area contributed by atoms with Crippen LogP contribution in [0.2, 0.25) is 0 Å². The molecule has 8 heteroatoms. The molecule has 2 aliphatic heterocycles. The summed E-state index contributed by atoms with van der Waals surface area (Å²) in [6.45, 7) is 1.65. The van der Waals surface area contributed by atoms with E-state index in [1.165, 1.54) is 5.01 Å². The third-order valence-corrected chi connectivity index (χ3v) is 4.52. The highest BCUT2D eigenvalue weighted by atomic mass is 16.2. The number of hydrogen-bond donors (Lipinski definition) is 1. The zero-order valence-electron chi connectivity index (χ0n) is 13.7. The van der Waals surface area contributed by atoms with Crippen LogP contribution in [0.25, 0.3) is 0 Å². The van der Waals surface area contributed by atoms with Gasteiger partial charge in [0, 0.05) is 57.8 Å². The number of likely N-dealkylation sites (N-methyl/N-ethyl adjacent to an activating group) is 1. The number of carbonyl (C=O) groups is 2. The number of aromatic nitrogens is 2. The number of imidazole rings is 1. The summed E-state index contributed by atoms with van der Waals surface area (Å²) >= 11 is 0. The Bertz CT molecular complexity index is 652. The lowest BCUT2D eigenvalue weighted by Gasteiger charge is -2.23. The Kier molecular flexibility index (Phi) is 4.16. The van der Waals surface area contributed by atoms with Crippen molar-refractivity contribution in [3.63, 3.8) is 0 Å². The Balaban J connectivity index is 1.73. The van der Waals surface area contributed by atoms with Gasteiger partial charge in [0.05, 0.1) is 12.4 Å². The predicted octanol–water partition coefficient (Wildman–Crippen LogP) is -0.458. The van der Waals surface area contributed by atoms with Crippen LogP contribution in [0, 0.1) is 0 Å². The van der Waals surface area contributed by atoms with E-state index >= 15 is 0 Å². The van der Waals surface area contributed by atoms with Gasteiger partial charge in [0.25, 0.3) is 5.91 Å². The molecule has 124 valence electrons. The lowest BCUT2D eigenvalue weighted by molar-refractivity contribution is -0.130. The first kappa shape index (κ1) is 15.7. The van der Waals surface area contributed by atoms with Gasteiger partial charge in [-0.3, -0.25) is 9.59 Å². The van der Waals surface area contributed by atoms with Crippen LogP contribution in [-0.2, 0) is 16.6 Å². The third kappa shape index (κ3) is 3.12. The van der Waals surface area contributed by atoms with E-state index < -0.39 is 0 Å². The van der Waals surface area contributed by atoms with Gasteiger partial charge in [0.1, 0.15) is 5.71 Å². The molecule has 1 fully saturated rings. The molecule has 0 spiro atoms. The molecule has 3 rings (SSSR count). The second kappa shape index (κ2) is 6.11. The zero-order chi connectivity index (χ0) is 16.6. The summed E-state index contributed by atoms with van der Waals surface area (Å²) in [6, 6.07) is 0.00790. The standard InChI is InChI=1S/C15H22N6O2/c1-19-7-10(13-6-16-9-20(13)2)12(8-19)17-15(23)11-4-5-14(22)21(3)18-11/h6,9-10,12H,4-5,7-8H2,1-3H3,(H,17,23)/t10-,12-/m1/s1. The van der Waals surface area contributed by atoms with Crippen molar-refractivity contribution < 1.29 is 9.59 Å². The quantitative estimate of drug-likeness (QED) is 0.818. The molecule has 0 aliphatic carbocycles. The summed E-state index contributed by atoms with van der Waals surface area (Å²) in [5.74, 6) is -0.0493. The number of hydrogen-bond acceptors (Lipinski definition) is 5. The van der Waals surface area contributed by atoms with Crippen LogP contribution in [-0.4, -0.2) is 70.2 Å². The maximum absolute atomic E-state index is 12.5. The maximum Gasteiger partial charge on any atom is 0.267 e. The molecule has 23 heavy (non-hydrogen) atoms. The average Bonchev–Trinajstić information content (AvgIpc) is 3.07. The molecule has 1 aromatic heterocycles. The lowest BCUT2D eigenvalue weighted by Crippen LogP contribution is -2.45. The number of nitrogens with one attached hydrogen (secondary N) is 1. The smallest absolute Gasteiger partial charge is 0.267 e. The van der Waals surface area contributed by atoms with Gasteiger partial charge in [-0.2, -0.15) is 5.10 Å². The molecule has 2 amide bonds. The number of carbonyl (C=O) groups excluding carboxylic acids is 2. The van der Waals surface area contributed by atoms with Crippen molar-refractivity contribution in [2.75, 3.05) is 27.2 Å².